The standard InChI is InChI=1S/C17H32N2/c1-4-6-8-10-12-16(11-9-7-5-2)13-17-14-18-15-19(17)3/h14-16H,4-13H2,1-3H3. The van der Waals surface area contributed by atoms with Gasteiger partial charge in [-0.3, -0.25) is 0 Å². The van der Waals surface area contributed by atoms with Gasteiger partial charge in [-0.15, -0.1) is 0 Å². The Balaban J connectivity index is 2.37. The Morgan fingerprint density at radius 3 is 2.21 bits per heavy atom. The summed E-state index contributed by atoms with van der Waals surface area (Å²) in [7, 11) is 2.11. The van der Waals surface area contributed by atoms with Crippen LogP contribution in [0.15, 0.2) is 12.5 Å². The second-order valence-corrected chi connectivity index (χ2v) is 5.91. The van der Waals surface area contributed by atoms with Gasteiger partial charge in [0.1, 0.15) is 0 Å². The lowest BCUT2D eigenvalue weighted by molar-refractivity contribution is 0.399. The third-order valence-electron chi connectivity index (χ3n) is 4.10. The topological polar surface area (TPSA) is 17.8 Å². The fraction of sp³-hybridized carbons (Fsp3) is 0.824. The highest BCUT2D eigenvalue weighted by atomic mass is 15.0. The Labute approximate surface area is 119 Å². The molecule has 2 nitrogen and oxygen atoms in total. The summed E-state index contributed by atoms with van der Waals surface area (Å²) in [6.45, 7) is 4.58. The lowest BCUT2D eigenvalue weighted by Crippen LogP contribution is -2.08. The molecule has 1 aromatic rings. The third-order valence-corrected chi connectivity index (χ3v) is 4.10. The number of unbranched alkanes of at least 4 members (excludes halogenated alkanes) is 5. The van der Waals surface area contributed by atoms with Gasteiger partial charge in [0.15, 0.2) is 0 Å². The highest BCUT2D eigenvalue weighted by Gasteiger charge is 2.11. The molecule has 1 heterocycles. The van der Waals surface area contributed by atoms with E-state index in [-0.39, 0.29) is 0 Å². The molecule has 0 aliphatic rings. The van der Waals surface area contributed by atoms with Crippen LogP contribution in [0, 0.1) is 5.92 Å². The first kappa shape index (κ1) is 16.3. The molecule has 0 saturated heterocycles. The maximum Gasteiger partial charge on any atom is 0.0945 e. The first-order valence-electron chi connectivity index (χ1n) is 8.23. The zero-order valence-electron chi connectivity index (χ0n) is 13.2. The van der Waals surface area contributed by atoms with Crippen molar-refractivity contribution >= 4 is 0 Å². The van der Waals surface area contributed by atoms with Crippen molar-refractivity contribution in [1.29, 1.82) is 0 Å². The van der Waals surface area contributed by atoms with Crippen molar-refractivity contribution in [3.8, 4) is 0 Å². The average molecular weight is 264 g/mol. The van der Waals surface area contributed by atoms with Gasteiger partial charge in [-0.25, -0.2) is 4.98 Å². The van der Waals surface area contributed by atoms with Crippen molar-refractivity contribution in [2.45, 2.75) is 78.1 Å². The third kappa shape index (κ3) is 6.79. The van der Waals surface area contributed by atoms with Crippen LogP contribution in [0.1, 0.15) is 77.3 Å². The molecule has 0 bridgehead atoms. The van der Waals surface area contributed by atoms with Gasteiger partial charge in [0.25, 0.3) is 0 Å². The number of hydrogen-bond donors (Lipinski definition) is 0. The zero-order chi connectivity index (χ0) is 13.9. The maximum absolute atomic E-state index is 4.24. The SMILES string of the molecule is CCCCCCC(CCCCC)Cc1cncn1C. The zero-order valence-corrected chi connectivity index (χ0v) is 13.2. The van der Waals surface area contributed by atoms with Crippen molar-refractivity contribution in [3.05, 3.63) is 18.2 Å². The second kappa shape index (κ2) is 10.1. The van der Waals surface area contributed by atoms with E-state index in [9.17, 15) is 0 Å². The summed E-state index contributed by atoms with van der Waals surface area (Å²) >= 11 is 0. The average Bonchev–Trinajstić information content (AvgIpc) is 2.80. The van der Waals surface area contributed by atoms with Crippen LogP contribution in [0.4, 0.5) is 0 Å². The molecule has 1 unspecified atom stereocenters. The van der Waals surface area contributed by atoms with Crippen molar-refractivity contribution in [2.75, 3.05) is 0 Å². The van der Waals surface area contributed by atoms with Crippen LogP contribution >= 0.6 is 0 Å². The van der Waals surface area contributed by atoms with E-state index in [1.807, 2.05) is 12.5 Å². The van der Waals surface area contributed by atoms with Crippen LogP contribution in [-0.2, 0) is 13.5 Å². The smallest absolute Gasteiger partial charge is 0.0945 e. The molecular weight excluding hydrogens is 232 g/mol. The molecule has 0 saturated carbocycles. The molecule has 19 heavy (non-hydrogen) atoms. The van der Waals surface area contributed by atoms with Crippen LogP contribution in [-0.4, -0.2) is 9.55 Å². The normalized spacial score (nSPS) is 12.8. The lowest BCUT2D eigenvalue weighted by atomic mass is 9.91. The highest BCUT2D eigenvalue weighted by molar-refractivity contribution is 4.98. The minimum absolute atomic E-state index is 0.860. The first-order valence-corrected chi connectivity index (χ1v) is 8.23. The van der Waals surface area contributed by atoms with Gasteiger partial charge in [-0.05, 0) is 12.3 Å². The molecule has 0 spiro atoms. The molecule has 0 aromatic carbocycles. The fourth-order valence-corrected chi connectivity index (χ4v) is 2.77. The largest absolute Gasteiger partial charge is 0.338 e. The number of hydrogen-bond acceptors (Lipinski definition) is 1. The summed E-state index contributed by atoms with van der Waals surface area (Å²) in [5.41, 5.74) is 1.40. The molecule has 1 atom stereocenters. The van der Waals surface area contributed by atoms with Crippen LogP contribution < -0.4 is 0 Å². The van der Waals surface area contributed by atoms with E-state index in [2.05, 4.69) is 30.4 Å². The van der Waals surface area contributed by atoms with Crippen LogP contribution in [0.5, 0.6) is 0 Å². The van der Waals surface area contributed by atoms with Gasteiger partial charge in [-0.1, -0.05) is 71.6 Å². The summed E-state index contributed by atoms with van der Waals surface area (Å²) in [5, 5.41) is 0. The van der Waals surface area contributed by atoms with E-state index in [0.717, 1.165) is 5.92 Å². The monoisotopic (exact) mass is 264 g/mol. The summed E-state index contributed by atoms with van der Waals surface area (Å²) in [6, 6.07) is 0. The minimum Gasteiger partial charge on any atom is -0.338 e. The van der Waals surface area contributed by atoms with E-state index >= 15 is 0 Å². The molecule has 2 heteroatoms. The van der Waals surface area contributed by atoms with Crippen molar-refractivity contribution < 1.29 is 0 Å². The molecule has 1 rings (SSSR count). The van der Waals surface area contributed by atoms with Gasteiger partial charge in [0.2, 0.25) is 0 Å². The Bertz CT molecular complexity index is 317. The van der Waals surface area contributed by atoms with Gasteiger partial charge >= 0.3 is 0 Å². The van der Waals surface area contributed by atoms with Crippen LogP contribution in [0.2, 0.25) is 0 Å². The van der Waals surface area contributed by atoms with Crippen molar-refractivity contribution in [3.63, 3.8) is 0 Å². The van der Waals surface area contributed by atoms with Gasteiger partial charge < -0.3 is 4.57 Å². The first-order chi connectivity index (χ1) is 9.27. The number of aryl methyl sites for hydroxylation is 1. The molecule has 1 aromatic heterocycles. The predicted octanol–water partition coefficient (Wildman–Crippen LogP) is 5.13. The Kier molecular flexibility index (Phi) is 8.61. The van der Waals surface area contributed by atoms with Crippen LogP contribution in [0.25, 0.3) is 0 Å². The molecule has 0 radical (unpaired) electrons. The van der Waals surface area contributed by atoms with Crippen molar-refractivity contribution in [1.82, 2.24) is 9.55 Å². The summed E-state index contributed by atoms with van der Waals surface area (Å²) in [5.74, 6) is 0.860. The fourth-order valence-electron chi connectivity index (χ4n) is 2.77. The Morgan fingerprint density at radius 2 is 1.63 bits per heavy atom. The molecule has 0 amide bonds. The van der Waals surface area contributed by atoms with Crippen molar-refractivity contribution in [2.24, 2.45) is 13.0 Å². The van der Waals surface area contributed by atoms with E-state index in [1.54, 1.807) is 0 Å². The van der Waals surface area contributed by atoms with Gasteiger partial charge in [0.05, 0.1) is 6.33 Å². The number of nitrogens with zero attached hydrogens (tertiary/aromatic N) is 2. The Morgan fingerprint density at radius 1 is 1.00 bits per heavy atom. The number of imidazole rings is 1. The molecule has 0 fully saturated rings. The molecule has 110 valence electrons. The molecular formula is C17H32N2. The summed E-state index contributed by atoms with van der Waals surface area (Å²) < 4.78 is 2.18. The van der Waals surface area contributed by atoms with Gasteiger partial charge in [0, 0.05) is 18.9 Å². The molecule has 0 N–H and O–H groups in total. The van der Waals surface area contributed by atoms with Crippen LogP contribution in [0.3, 0.4) is 0 Å². The van der Waals surface area contributed by atoms with E-state index < -0.39 is 0 Å². The highest BCUT2D eigenvalue weighted by Crippen LogP contribution is 2.22. The summed E-state index contributed by atoms with van der Waals surface area (Å²) in [4.78, 5) is 4.24. The van der Waals surface area contributed by atoms with E-state index in [0.29, 0.717) is 0 Å². The van der Waals surface area contributed by atoms with E-state index in [1.165, 1.54) is 69.9 Å². The number of aromatic nitrogens is 2. The second-order valence-electron chi connectivity index (χ2n) is 5.91. The minimum atomic E-state index is 0.860. The summed E-state index contributed by atoms with van der Waals surface area (Å²) in [6.07, 6.45) is 17.6. The van der Waals surface area contributed by atoms with E-state index in [4.69, 9.17) is 0 Å². The Hall–Kier alpha value is -0.790. The maximum atomic E-state index is 4.24. The number of rotatable bonds is 11. The predicted molar refractivity (Wildman–Crippen MR) is 83.3 cm³/mol. The molecule has 0 aliphatic heterocycles. The molecule has 0 aliphatic carbocycles. The quantitative estimate of drug-likeness (QED) is 0.507. The van der Waals surface area contributed by atoms with Gasteiger partial charge in [-0.2, -0.15) is 0 Å². The lowest BCUT2D eigenvalue weighted by Gasteiger charge is -2.17.